The Labute approximate surface area is 117 Å². The van der Waals surface area contributed by atoms with Crippen LogP contribution in [0.15, 0.2) is 30.5 Å². The molecule has 0 fully saturated rings. The maximum atomic E-state index is 11.0. The van der Waals surface area contributed by atoms with Gasteiger partial charge in [0.05, 0.1) is 4.92 Å². The van der Waals surface area contributed by atoms with Crippen molar-refractivity contribution in [1.82, 2.24) is 9.47 Å². The summed E-state index contributed by atoms with van der Waals surface area (Å²) in [5, 5.41) is 11.9. The van der Waals surface area contributed by atoms with Crippen molar-refractivity contribution in [2.24, 2.45) is 7.05 Å². The molecule has 1 aliphatic rings. The van der Waals surface area contributed by atoms with Gasteiger partial charge >= 0.3 is 0 Å². The van der Waals surface area contributed by atoms with Gasteiger partial charge < -0.3 is 9.47 Å². The molecule has 3 rings (SSSR count). The number of aromatic nitrogens is 1. The van der Waals surface area contributed by atoms with Crippen LogP contribution >= 0.6 is 0 Å². The molecule has 1 aliphatic heterocycles. The minimum Gasteiger partial charge on any atom is -0.350 e. The summed E-state index contributed by atoms with van der Waals surface area (Å²) >= 11 is 0. The summed E-state index contributed by atoms with van der Waals surface area (Å²) in [6, 6.07) is 5.07. The van der Waals surface area contributed by atoms with Crippen LogP contribution in [-0.4, -0.2) is 34.5 Å². The fourth-order valence-electron chi connectivity index (χ4n) is 2.76. The Hall–Kier alpha value is -2.14. The van der Waals surface area contributed by atoms with Gasteiger partial charge in [-0.25, -0.2) is 0 Å². The molecule has 2 aromatic rings. The highest BCUT2D eigenvalue weighted by molar-refractivity contribution is 5.94. The van der Waals surface area contributed by atoms with Gasteiger partial charge in [-0.3, -0.25) is 10.1 Å². The largest absolute Gasteiger partial charge is 0.350 e. The van der Waals surface area contributed by atoms with Crippen molar-refractivity contribution < 1.29 is 4.92 Å². The van der Waals surface area contributed by atoms with Gasteiger partial charge in [0.15, 0.2) is 0 Å². The van der Waals surface area contributed by atoms with Crippen LogP contribution in [0.2, 0.25) is 0 Å². The monoisotopic (exact) mass is 271 g/mol. The molecule has 0 spiro atoms. The summed E-state index contributed by atoms with van der Waals surface area (Å²) in [5.74, 6) is 0. The van der Waals surface area contributed by atoms with Crippen LogP contribution < -0.4 is 0 Å². The van der Waals surface area contributed by atoms with Crippen LogP contribution in [-0.2, 0) is 7.05 Å². The second kappa shape index (κ2) is 4.76. The molecule has 0 radical (unpaired) electrons. The zero-order chi connectivity index (χ0) is 14.3. The van der Waals surface area contributed by atoms with E-state index in [-0.39, 0.29) is 10.6 Å². The third-order valence-electron chi connectivity index (χ3n) is 3.94. The van der Waals surface area contributed by atoms with E-state index >= 15 is 0 Å². The van der Waals surface area contributed by atoms with E-state index in [0.29, 0.717) is 0 Å². The van der Waals surface area contributed by atoms with Crippen molar-refractivity contribution in [3.63, 3.8) is 0 Å². The van der Waals surface area contributed by atoms with Crippen LogP contribution in [0, 0.1) is 10.1 Å². The first-order chi connectivity index (χ1) is 9.56. The van der Waals surface area contributed by atoms with Crippen molar-refractivity contribution in [3.8, 4) is 0 Å². The number of rotatable bonds is 2. The molecule has 0 saturated heterocycles. The standard InChI is InChI=1S/C15H17N3O2/c1-16-7-5-11(6-8-16)14-10-17(2)15-4-3-12(18(19)20)9-13(14)15/h3-5,9-10H,6-8H2,1-2H3. The Morgan fingerprint density at radius 3 is 2.75 bits per heavy atom. The van der Waals surface area contributed by atoms with E-state index < -0.39 is 0 Å². The average Bonchev–Trinajstić information content (AvgIpc) is 2.76. The summed E-state index contributed by atoms with van der Waals surface area (Å²) in [6.07, 6.45) is 5.28. The molecule has 5 nitrogen and oxygen atoms in total. The van der Waals surface area contributed by atoms with E-state index in [4.69, 9.17) is 0 Å². The van der Waals surface area contributed by atoms with Gasteiger partial charge in [-0.15, -0.1) is 0 Å². The molecular formula is C15H17N3O2. The van der Waals surface area contributed by atoms with Crippen LogP contribution in [0.1, 0.15) is 12.0 Å². The number of non-ortho nitro benzene ring substituents is 1. The molecule has 0 aliphatic carbocycles. The van der Waals surface area contributed by atoms with Gasteiger partial charge in [-0.05, 0) is 25.1 Å². The molecular weight excluding hydrogens is 254 g/mol. The summed E-state index contributed by atoms with van der Waals surface area (Å²) in [6.45, 7) is 1.96. The molecule has 0 amide bonds. The molecule has 1 aromatic carbocycles. The Balaban J connectivity index is 2.15. The predicted molar refractivity (Wildman–Crippen MR) is 79.7 cm³/mol. The van der Waals surface area contributed by atoms with Crippen molar-refractivity contribution in [3.05, 3.63) is 46.1 Å². The minimum absolute atomic E-state index is 0.151. The fraction of sp³-hybridized carbons (Fsp3) is 0.333. The highest BCUT2D eigenvalue weighted by Crippen LogP contribution is 2.32. The lowest BCUT2D eigenvalue weighted by Gasteiger charge is -2.21. The Bertz CT molecular complexity index is 715. The summed E-state index contributed by atoms with van der Waals surface area (Å²) in [4.78, 5) is 12.9. The number of fused-ring (bicyclic) bond motifs is 1. The van der Waals surface area contributed by atoms with Gasteiger partial charge in [-0.1, -0.05) is 6.08 Å². The predicted octanol–water partition coefficient (Wildman–Crippen LogP) is 2.81. The van der Waals surface area contributed by atoms with Gasteiger partial charge in [0.2, 0.25) is 0 Å². The van der Waals surface area contributed by atoms with Gasteiger partial charge in [0.1, 0.15) is 0 Å². The maximum absolute atomic E-state index is 11.0. The maximum Gasteiger partial charge on any atom is 0.270 e. The first-order valence-electron chi connectivity index (χ1n) is 6.67. The molecule has 0 bridgehead atoms. The van der Waals surface area contributed by atoms with Crippen LogP contribution in [0.4, 0.5) is 5.69 Å². The van der Waals surface area contributed by atoms with E-state index in [1.54, 1.807) is 12.1 Å². The van der Waals surface area contributed by atoms with Crippen molar-refractivity contribution in [1.29, 1.82) is 0 Å². The zero-order valence-electron chi connectivity index (χ0n) is 11.7. The van der Waals surface area contributed by atoms with Gasteiger partial charge in [0, 0.05) is 54.9 Å². The van der Waals surface area contributed by atoms with E-state index in [1.807, 2.05) is 17.7 Å². The highest BCUT2D eigenvalue weighted by atomic mass is 16.6. The topological polar surface area (TPSA) is 51.3 Å². The van der Waals surface area contributed by atoms with E-state index in [2.05, 4.69) is 24.2 Å². The number of likely N-dealkylation sites (N-methyl/N-ethyl adjacent to an activating group) is 1. The molecule has 0 unspecified atom stereocenters. The van der Waals surface area contributed by atoms with Crippen molar-refractivity contribution in [2.45, 2.75) is 6.42 Å². The van der Waals surface area contributed by atoms with Gasteiger partial charge in [-0.2, -0.15) is 0 Å². The lowest BCUT2D eigenvalue weighted by atomic mass is 9.99. The molecule has 104 valence electrons. The number of aryl methyl sites for hydroxylation is 1. The van der Waals surface area contributed by atoms with Crippen molar-refractivity contribution in [2.75, 3.05) is 20.1 Å². The first kappa shape index (κ1) is 12.9. The van der Waals surface area contributed by atoms with E-state index in [1.165, 1.54) is 5.57 Å². The number of nitro groups is 1. The lowest BCUT2D eigenvalue weighted by molar-refractivity contribution is -0.384. The second-order valence-corrected chi connectivity index (χ2v) is 5.35. The van der Waals surface area contributed by atoms with E-state index in [0.717, 1.165) is 36.0 Å². The Morgan fingerprint density at radius 2 is 2.10 bits per heavy atom. The van der Waals surface area contributed by atoms with E-state index in [9.17, 15) is 10.1 Å². The fourth-order valence-corrected chi connectivity index (χ4v) is 2.76. The summed E-state index contributed by atoms with van der Waals surface area (Å²) in [7, 11) is 4.08. The third-order valence-corrected chi connectivity index (χ3v) is 3.94. The van der Waals surface area contributed by atoms with Crippen LogP contribution in [0.5, 0.6) is 0 Å². The molecule has 1 aromatic heterocycles. The smallest absolute Gasteiger partial charge is 0.270 e. The highest BCUT2D eigenvalue weighted by Gasteiger charge is 2.17. The molecule has 0 saturated carbocycles. The number of nitrogens with zero attached hydrogens (tertiary/aromatic N) is 3. The SMILES string of the molecule is CN1CC=C(c2cn(C)c3ccc([N+](=O)[O-])cc23)CC1. The zero-order valence-corrected chi connectivity index (χ0v) is 11.7. The van der Waals surface area contributed by atoms with Crippen LogP contribution in [0.25, 0.3) is 16.5 Å². The second-order valence-electron chi connectivity index (χ2n) is 5.35. The summed E-state index contributed by atoms with van der Waals surface area (Å²) in [5.41, 5.74) is 3.59. The minimum atomic E-state index is -0.334. The molecule has 0 atom stereocenters. The Kier molecular flexibility index (Phi) is 3.06. The van der Waals surface area contributed by atoms with Crippen LogP contribution in [0.3, 0.4) is 0 Å². The molecule has 20 heavy (non-hydrogen) atoms. The summed E-state index contributed by atoms with van der Waals surface area (Å²) < 4.78 is 2.04. The average molecular weight is 271 g/mol. The number of hydrogen-bond donors (Lipinski definition) is 0. The molecule has 0 N–H and O–H groups in total. The van der Waals surface area contributed by atoms with Crippen molar-refractivity contribution >= 4 is 22.2 Å². The lowest BCUT2D eigenvalue weighted by Crippen LogP contribution is -2.23. The molecule has 5 heteroatoms. The quantitative estimate of drug-likeness (QED) is 0.623. The molecule has 2 heterocycles. The third kappa shape index (κ3) is 2.10. The number of benzene rings is 1. The number of hydrogen-bond acceptors (Lipinski definition) is 3. The normalized spacial score (nSPS) is 16.4. The number of nitro benzene ring substituents is 1. The Morgan fingerprint density at radius 1 is 1.30 bits per heavy atom. The first-order valence-corrected chi connectivity index (χ1v) is 6.67. The van der Waals surface area contributed by atoms with Gasteiger partial charge in [0.25, 0.3) is 5.69 Å².